The van der Waals surface area contributed by atoms with Crippen LogP contribution in [-0.2, 0) is 0 Å². The SMILES string of the molecule is CCC1(CNCC2(C)CCNC2)CC1. The van der Waals surface area contributed by atoms with Crippen molar-refractivity contribution in [1.29, 1.82) is 0 Å². The molecule has 2 N–H and O–H groups in total. The van der Waals surface area contributed by atoms with Crippen molar-refractivity contribution >= 4 is 0 Å². The zero-order chi connectivity index (χ0) is 10.1. The molecule has 82 valence electrons. The first kappa shape index (κ1) is 10.4. The minimum Gasteiger partial charge on any atom is -0.316 e. The largest absolute Gasteiger partial charge is 0.316 e. The van der Waals surface area contributed by atoms with Crippen LogP contribution in [0.25, 0.3) is 0 Å². The highest BCUT2D eigenvalue weighted by atomic mass is 15.0. The van der Waals surface area contributed by atoms with Gasteiger partial charge in [-0.05, 0) is 43.1 Å². The molecule has 0 aromatic rings. The third-order valence-electron chi connectivity index (χ3n) is 4.22. The maximum absolute atomic E-state index is 3.68. The molecule has 1 saturated carbocycles. The lowest BCUT2D eigenvalue weighted by atomic mass is 9.89. The number of rotatable bonds is 5. The van der Waals surface area contributed by atoms with Gasteiger partial charge in [0.2, 0.25) is 0 Å². The summed E-state index contributed by atoms with van der Waals surface area (Å²) >= 11 is 0. The van der Waals surface area contributed by atoms with Crippen LogP contribution >= 0.6 is 0 Å². The molecule has 2 rings (SSSR count). The molecule has 0 bridgehead atoms. The van der Waals surface area contributed by atoms with Crippen LogP contribution in [0.15, 0.2) is 0 Å². The van der Waals surface area contributed by atoms with Crippen molar-refractivity contribution in [2.45, 2.75) is 39.5 Å². The molecule has 2 nitrogen and oxygen atoms in total. The average molecular weight is 196 g/mol. The van der Waals surface area contributed by atoms with Gasteiger partial charge < -0.3 is 10.6 Å². The molecule has 0 spiro atoms. The molecular formula is C12H24N2. The highest BCUT2D eigenvalue weighted by molar-refractivity contribution is 4.94. The van der Waals surface area contributed by atoms with Gasteiger partial charge in [0.15, 0.2) is 0 Å². The minimum atomic E-state index is 0.518. The van der Waals surface area contributed by atoms with Gasteiger partial charge >= 0.3 is 0 Å². The maximum Gasteiger partial charge on any atom is 0.00180 e. The van der Waals surface area contributed by atoms with Gasteiger partial charge in [-0.25, -0.2) is 0 Å². The Morgan fingerprint density at radius 1 is 1.21 bits per heavy atom. The lowest BCUT2D eigenvalue weighted by molar-refractivity contribution is 0.318. The zero-order valence-electron chi connectivity index (χ0n) is 9.66. The highest BCUT2D eigenvalue weighted by Crippen LogP contribution is 2.47. The third kappa shape index (κ3) is 2.29. The molecule has 0 aromatic heterocycles. The van der Waals surface area contributed by atoms with E-state index in [2.05, 4.69) is 24.5 Å². The Balaban J connectivity index is 1.67. The molecule has 1 saturated heterocycles. The van der Waals surface area contributed by atoms with E-state index >= 15 is 0 Å². The second-order valence-electron chi connectivity index (χ2n) is 5.69. The summed E-state index contributed by atoms with van der Waals surface area (Å²) in [5.74, 6) is 0. The van der Waals surface area contributed by atoms with Crippen molar-refractivity contribution in [1.82, 2.24) is 10.6 Å². The summed E-state index contributed by atoms with van der Waals surface area (Å²) in [6, 6.07) is 0. The van der Waals surface area contributed by atoms with E-state index in [1.54, 1.807) is 0 Å². The summed E-state index contributed by atoms with van der Waals surface area (Å²) in [4.78, 5) is 0. The van der Waals surface area contributed by atoms with E-state index in [0.717, 1.165) is 0 Å². The molecule has 2 fully saturated rings. The number of nitrogens with one attached hydrogen (secondary N) is 2. The van der Waals surface area contributed by atoms with Gasteiger partial charge in [-0.15, -0.1) is 0 Å². The molecule has 14 heavy (non-hydrogen) atoms. The van der Waals surface area contributed by atoms with Crippen molar-refractivity contribution < 1.29 is 0 Å². The standard InChI is InChI=1S/C12H24N2/c1-3-12(4-5-12)10-14-9-11(2)6-7-13-8-11/h13-14H,3-10H2,1-2H3. The summed E-state index contributed by atoms with van der Waals surface area (Å²) < 4.78 is 0. The molecule has 0 radical (unpaired) electrons. The quantitative estimate of drug-likeness (QED) is 0.700. The van der Waals surface area contributed by atoms with E-state index in [0.29, 0.717) is 10.8 Å². The molecule has 0 amide bonds. The Hall–Kier alpha value is -0.0800. The predicted octanol–water partition coefficient (Wildman–Crippen LogP) is 1.77. The molecular weight excluding hydrogens is 172 g/mol. The van der Waals surface area contributed by atoms with Gasteiger partial charge in [-0.1, -0.05) is 13.8 Å². The van der Waals surface area contributed by atoms with E-state index in [1.165, 1.54) is 51.9 Å². The van der Waals surface area contributed by atoms with Crippen LogP contribution in [0, 0.1) is 10.8 Å². The van der Waals surface area contributed by atoms with E-state index in [-0.39, 0.29) is 0 Å². The van der Waals surface area contributed by atoms with Crippen molar-refractivity contribution in [2.24, 2.45) is 10.8 Å². The highest BCUT2D eigenvalue weighted by Gasteiger charge is 2.40. The molecule has 0 aromatic carbocycles. The predicted molar refractivity (Wildman–Crippen MR) is 60.4 cm³/mol. The van der Waals surface area contributed by atoms with Gasteiger partial charge in [0.05, 0.1) is 0 Å². The molecule has 1 heterocycles. The third-order valence-corrected chi connectivity index (χ3v) is 4.22. The van der Waals surface area contributed by atoms with Crippen molar-refractivity contribution in [3.8, 4) is 0 Å². The summed E-state index contributed by atoms with van der Waals surface area (Å²) in [5, 5.41) is 7.13. The molecule has 2 aliphatic rings. The monoisotopic (exact) mass is 196 g/mol. The first-order valence-corrected chi connectivity index (χ1v) is 6.10. The van der Waals surface area contributed by atoms with Crippen LogP contribution in [0.5, 0.6) is 0 Å². The average Bonchev–Trinajstić information content (AvgIpc) is 2.83. The summed E-state index contributed by atoms with van der Waals surface area (Å²) in [6.07, 6.45) is 5.59. The second kappa shape index (κ2) is 3.82. The first-order chi connectivity index (χ1) is 6.68. The topological polar surface area (TPSA) is 24.1 Å². The van der Waals surface area contributed by atoms with E-state index in [1.807, 2.05) is 0 Å². The Morgan fingerprint density at radius 2 is 2.00 bits per heavy atom. The fourth-order valence-corrected chi connectivity index (χ4v) is 2.48. The van der Waals surface area contributed by atoms with Crippen LogP contribution in [0.1, 0.15) is 39.5 Å². The molecule has 2 heteroatoms. The fraction of sp³-hybridized carbons (Fsp3) is 1.00. The van der Waals surface area contributed by atoms with Crippen molar-refractivity contribution in [3.63, 3.8) is 0 Å². The Bertz CT molecular complexity index is 190. The summed E-state index contributed by atoms with van der Waals surface area (Å²) in [6.45, 7) is 9.57. The van der Waals surface area contributed by atoms with Crippen LogP contribution in [0.4, 0.5) is 0 Å². The van der Waals surface area contributed by atoms with E-state index < -0.39 is 0 Å². The summed E-state index contributed by atoms with van der Waals surface area (Å²) in [7, 11) is 0. The fourth-order valence-electron chi connectivity index (χ4n) is 2.48. The summed E-state index contributed by atoms with van der Waals surface area (Å²) in [5.41, 5.74) is 1.21. The minimum absolute atomic E-state index is 0.518. The van der Waals surface area contributed by atoms with Crippen LogP contribution in [0.2, 0.25) is 0 Å². The second-order valence-corrected chi connectivity index (χ2v) is 5.69. The zero-order valence-corrected chi connectivity index (χ0v) is 9.66. The smallest absolute Gasteiger partial charge is 0.00180 e. The van der Waals surface area contributed by atoms with E-state index in [9.17, 15) is 0 Å². The van der Waals surface area contributed by atoms with E-state index in [4.69, 9.17) is 0 Å². The van der Waals surface area contributed by atoms with Crippen molar-refractivity contribution in [2.75, 3.05) is 26.2 Å². The number of hydrogen-bond acceptors (Lipinski definition) is 2. The molecule has 1 unspecified atom stereocenters. The van der Waals surface area contributed by atoms with Gasteiger partial charge in [-0.2, -0.15) is 0 Å². The van der Waals surface area contributed by atoms with Gasteiger partial charge in [0.1, 0.15) is 0 Å². The number of hydrogen-bond donors (Lipinski definition) is 2. The van der Waals surface area contributed by atoms with Crippen LogP contribution in [-0.4, -0.2) is 26.2 Å². The Labute approximate surface area is 87.8 Å². The first-order valence-electron chi connectivity index (χ1n) is 6.10. The molecule has 1 aliphatic carbocycles. The lowest BCUT2D eigenvalue weighted by Crippen LogP contribution is -2.36. The lowest BCUT2D eigenvalue weighted by Gasteiger charge is -2.24. The molecule has 1 atom stereocenters. The van der Waals surface area contributed by atoms with Crippen molar-refractivity contribution in [3.05, 3.63) is 0 Å². The van der Waals surface area contributed by atoms with Gasteiger partial charge in [0.25, 0.3) is 0 Å². The van der Waals surface area contributed by atoms with Gasteiger partial charge in [0, 0.05) is 19.6 Å². The van der Waals surface area contributed by atoms with Gasteiger partial charge in [-0.3, -0.25) is 0 Å². The van der Waals surface area contributed by atoms with Crippen LogP contribution < -0.4 is 10.6 Å². The Kier molecular flexibility index (Phi) is 2.85. The van der Waals surface area contributed by atoms with Crippen LogP contribution in [0.3, 0.4) is 0 Å². The molecule has 1 aliphatic heterocycles. The maximum atomic E-state index is 3.68. The normalized spacial score (nSPS) is 34.7. The Morgan fingerprint density at radius 3 is 2.50 bits per heavy atom.